The number of benzene rings is 3. The highest BCUT2D eigenvalue weighted by Crippen LogP contribution is 2.45. The second kappa shape index (κ2) is 6.57. The van der Waals surface area contributed by atoms with E-state index in [1.165, 1.54) is 6.07 Å². The van der Waals surface area contributed by atoms with Crippen LogP contribution in [0.5, 0.6) is 0 Å². The number of aromatic nitrogens is 1. The third-order valence-corrected chi connectivity index (χ3v) is 6.36. The van der Waals surface area contributed by atoms with E-state index in [-0.39, 0.29) is 0 Å². The van der Waals surface area contributed by atoms with Gasteiger partial charge in [0.25, 0.3) is 0 Å². The Balaban J connectivity index is 1.83. The Morgan fingerprint density at radius 3 is 2.44 bits per heavy atom. The van der Waals surface area contributed by atoms with Crippen LogP contribution in [0.4, 0.5) is 14.5 Å². The van der Waals surface area contributed by atoms with Crippen molar-refractivity contribution >= 4 is 22.2 Å². The number of nitrogens with zero attached hydrogens (tertiary/aromatic N) is 2. The first-order valence-corrected chi connectivity index (χ1v) is 10.6. The first kappa shape index (κ1) is 18.9. The van der Waals surface area contributed by atoms with Gasteiger partial charge >= 0.3 is 5.79 Å². The van der Waals surface area contributed by atoms with Gasteiger partial charge in [0.1, 0.15) is 22.8 Å². The molecule has 3 heterocycles. The number of pyridine rings is 1. The van der Waals surface area contributed by atoms with Gasteiger partial charge in [-0.15, -0.1) is 9.14 Å². The van der Waals surface area contributed by atoms with Gasteiger partial charge in [-0.3, -0.25) is 5.32 Å². The number of fused-ring (bicyclic) bond motifs is 7. The van der Waals surface area contributed by atoms with Gasteiger partial charge in [0, 0.05) is 43.0 Å². The summed E-state index contributed by atoms with van der Waals surface area (Å²) in [5, 5.41) is 5.51. The molecular formula is C27H21F2N3+2. The van der Waals surface area contributed by atoms with E-state index in [1.54, 1.807) is 0 Å². The van der Waals surface area contributed by atoms with Crippen LogP contribution in [0.2, 0.25) is 0 Å². The summed E-state index contributed by atoms with van der Waals surface area (Å²) < 4.78 is 34.4. The average molecular weight is 425 g/mol. The van der Waals surface area contributed by atoms with E-state index in [0.29, 0.717) is 11.1 Å². The van der Waals surface area contributed by atoms with Crippen LogP contribution >= 0.6 is 0 Å². The second-order valence-corrected chi connectivity index (χ2v) is 8.37. The van der Waals surface area contributed by atoms with Crippen molar-refractivity contribution < 1.29 is 17.9 Å². The molecule has 3 nitrogen and oxygen atoms in total. The van der Waals surface area contributed by atoms with E-state index in [4.69, 9.17) is 0 Å². The molecule has 0 bridgehead atoms. The first-order chi connectivity index (χ1) is 15.5. The van der Waals surface area contributed by atoms with Crippen LogP contribution in [-0.2, 0) is 5.79 Å². The van der Waals surface area contributed by atoms with Crippen molar-refractivity contribution in [2.24, 2.45) is 0 Å². The number of allylic oxidation sites excluding steroid dienone is 2. The van der Waals surface area contributed by atoms with Gasteiger partial charge < -0.3 is 0 Å². The van der Waals surface area contributed by atoms with Crippen LogP contribution in [0.25, 0.3) is 22.0 Å². The standard InChI is InChI=1S/C27H20F2N3/c1-17-14-18(2)32(21-9-4-3-5-10-21)27(30-17)23-15-20(28)16-24(29)25(23)26-22-11-7-6-8-19(22)12-13-31(26)27/h3-16H,1-2H3/q+1/p+1. The van der Waals surface area contributed by atoms with Crippen molar-refractivity contribution in [2.75, 3.05) is 0 Å². The van der Waals surface area contributed by atoms with Gasteiger partial charge in [-0.2, -0.15) is 0 Å². The Bertz CT molecular complexity index is 1490. The van der Waals surface area contributed by atoms with Crippen molar-refractivity contribution in [3.05, 3.63) is 108 Å². The predicted molar refractivity (Wildman–Crippen MR) is 121 cm³/mol. The summed E-state index contributed by atoms with van der Waals surface area (Å²) in [5.41, 5.74) is 4.49. The zero-order valence-electron chi connectivity index (χ0n) is 17.7. The molecule has 1 N–H and O–H groups in total. The van der Waals surface area contributed by atoms with Crippen LogP contribution in [0, 0.1) is 11.6 Å². The summed E-state index contributed by atoms with van der Waals surface area (Å²) in [4.78, 5) is 0. The molecule has 4 aromatic rings. The van der Waals surface area contributed by atoms with Gasteiger partial charge in [-0.05, 0) is 24.4 Å². The maximum atomic E-state index is 15.5. The number of rotatable bonds is 1. The highest BCUT2D eigenvalue weighted by Gasteiger charge is 2.65. The van der Waals surface area contributed by atoms with E-state index < -0.39 is 17.4 Å². The summed E-state index contributed by atoms with van der Waals surface area (Å²) in [6.07, 6.45) is 4.01. The number of halogens is 2. The van der Waals surface area contributed by atoms with E-state index in [0.717, 1.165) is 39.6 Å². The topological polar surface area (TPSA) is 18.9 Å². The van der Waals surface area contributed by atoms with Crippen LogP contribution in [0.3, 0.4) is 0 Å². The van der Waals surface area contributed by atoms with E-state index >= 15 is 4.39 Å². The summed E-state index contributed by atoms with van der Waals surface area (Å²) >= 11 is 0. The lowest BCUT2D eigenvalue weighted by Gasteiger charge is -2.28. The molecule has 2 aliphatic rings. The van der Waals surface area contributed by atoms with Gasteiger partial charge in [-0.1, -0.05) is 36.4 Å². The minimum absolute atomic E-state index is 0.416. The van der Waals surface area contributed by atoms with Crippen LogP contribution in [0.15, 0.2) is 90.8 Å². The minimum atomic E-state index is -1.05. The molecule has 0 saturated heterocycles. The summed E-state index contributed by atoms with van der Waals surface area (Å²) in [6.45, 7) is 4.00. The molecule has 5 heteroatoms. The lowest BCUT2D eigenvalue weighted by molar-refractivity contribution is -0.895. The van der Waals surface area contributed by atoms with Gasteiger partial charge in [0.15, 0.2) is 11.9 Å². The Morgan fingerprint density at radius 2 is 1.62 bits per heavy atom. The van der Waals surface area contributed by atoms with Crippen molar-refractivity contribution in [3.63, 3.8) is 0 Å². The molecule has 0 fully saturated rings. The highest BCUT2D eigenvalue weighted by molar-refractivity contribution is 5.95. The summed E-state index contributed by atoms with van der Waals surface area (Å²) in [6, 6.07) is 22.3. The second-order valence-electron chi connectivity index (χ2n) is 8.37. The molecule has 0 amide bonds. The fourth-order valence-electron chi connectivity index (χ4n) is 5.28. The SMILES string of the molecule is CC1=CC(C)=[N+](c2ccccc2)C2(N1)c1cc(F)cc(F)c1-c1c3ccccc3cc[n+]12. The van der Waals surface area contributed by atoms with Crippen molar-refractivity contribution in [1.82, 2.24) is 5.32 Å². The Kier molecular flexibility index (Phi) is 3.87. The monoisotopic (exact) mass is 425 g/mol. The molecule has 3 aromatic carbocycles. The predicted octanol–water partition coefficient (Wildman–Crippen LogP) is 5.36. The molecule has 156 valence electrons. The molecule has 0 radical (unpaired) electrons. The maximum absolute atomic E-state index is 15.5. The minimum Gasteiger partial charge on any atom is -0.266 e. The van der Waals surface area contributed by atoms with Crippen LogP contribution in [0.1, 0.15) is 19.4 Å². The number of hydrogen-bond donors (Lipinski definition) is 1. The molecule has 6 rings (SSSR count). The molecule has 1 atom stereocenters. The van der Waals surface area contributed by atoms with Crippen molar-refractivity contribution in [3.8, 4) is 11.3 Å². The average Bonchev–Trinajstić information content (AvgIpc) is 3.04. The van der Waals surface area contributed by atoms with Crippen LogP contribution in [-0.4, -0.2) is 10.3 Å². The summed E-state index contributed by atoms with van der Waals surface area (Å²) in [5.74, 6) is -2.22. The lowest BCUT2D eigenvalue weighted by Crippen LogP contribution is -2.70. The van der Waals surface area contributed by atoms with Crippen molar-refractivity contribution in [2.45, 2.75) is 19.6 Å². The molecule has 0 aliphatic carbocycles. The zero-order valence-corrected chi connectivity index (χ0v) is 17.7. The molecular weight excluding hydrogens is 404 g/mol. The fourth-order valence-corrected chi connectivity index (χ4v) is 5.28. The van der Waals surface area contributed by atoms with Crippen LogP contribution < -0.4 is 9.88 Å². The quantitative estimate of drug-likeness (QED) is 0.407. The Labute approximate surface area is 184 Å². The van der Waals surface area contributed by atoms with E-state index in [1.807, 2.05) is 91.4 Å². The lowest BCUT2D eigenvalue weighted by atomic mass is 9.97. The largest absolute Gasteiger partial charge is 0.475 e. The molecule has 0 saturated carbocycles. The summed E-state index contributed by atoms with van der Waals surface area (Å²) in [7, 11) is 0. The number of para-hydroxylation sites is 1. The first-order valence-electron chi connectivity index (χ1n) is 10.6. The molecule has 1 spiro atoms. The number of nitrogens with one attached hydrogen (secondary N) is 1. The van der Waals surface area contributed by atoms with E-state index in [2.05, 4.69) is 9.89 Å². The fraction of sp³-hybridized carbons (Fsp3) is 0.111. The molecule has 1 unspecified atom stereocenters. The molecule has 2 aliphatic heterocycles. The third-order valence-electron chi connectivity index (χ3n) is 6.36. The smallest absolute Gasteiger partial charge is 0.266 e. The third kappa shape index (κ3) is 2.39. The zero-order chi connectivity index (χ0) is 22.0. The molecule has 32 heavy (non-hydrogen) atoms. The Hall–Kier alpha value is -3.86. The van der Waals surface area contributed by atoms with Gasteiger partial charge in [-0.25, -0.2) is 8.78 Å². The number of hydrogen-bond acceptors (Lipinski definition) is 1. The van der Waals surface area contributed by atoms with Gasteiger partial charge in [0.2, 0.25) is 11.4 Å². The normalized spacial score (nSPS) is 19.1. The van der Waals surface area contributed by atoms with Crippen molar-refractivity contribution in [1.29, 1.82) is 0 Å². The van der Waals surface area contributed by atoms with E-state index in [9.17, 15) is 4.39 Å². The van der Waals surface area contributed by atoms with Gasteiger partial charge in [0.05, 0.1) is 5.39 Å². The molecule has 1 aromatic heterocycles. The highest BCUT2D eigenvalue weighted by atomic mass is 19.1. The Morgan fingerprint density at radius 1 is 0.875 bits per heavy atom. The maximum Gasteiger partial charge on any atom is 0.475 e.